The van der Waals surface area contributed by atoms with Gasteiger partial charge in [-0.3, -0.25) is 0 Å². The number of amides is 1. The zero-order valence-corrected chi connectivity index (χ0v) is 14.7. The molecule has 1 heterocycles. The monoisotopic (exact) mass is 314 g/mol. The molecular weight excluding hydrogens is 284 g/mol. The Labute approximate surface area is 133 Å². The average Bonchev–Trinajstić information content (AvgIpc) is 2.86. The van der Waals surface area contributed by atoms with E-state index >= 15 is 0 Å². The number of carbonyl (C=O) groups excluding carboxylic acids is 1. The van der Waals surface area contributed by atoms with E-state index in [4.69, 9.17) is 4.74 Å². The number of nitrogens with one attached hydrogen (secondary N) is 1. The van der Waals surface area contributed by atoms with Gasteiger partial charge in [-0.15, -0.1) is 0 Å². The fraction of sp³-hybridized carbons (Fsp3) is 0.938. The molecule has 1 atom stereocenters. The summed E-state index contributed by atoms with van der Waals surface area (Å²) >= 11 is 2.00. The molecule has 1 aliphatic heterocycles. The first-order valence-electron chi connectivity index (χ1n) is 8.14. The average molecular weight is 314 g/mol. The van der Waals surface area contributed by atoms with Crippen molar-refractivity contribution in [2.75, 3.05) is 19.3 Å². The maximum atomic E-state index is 12.1. The number of carbonyl (C=O) groups is 1. The number of rotatable bonds is 3. The molecule has 0 aromatic heterocycles. The first-order chi connectivity index (χ1) is 9.87. The molecule has 21 heavy (non-hydrogen) atoms. The Balaban J connectivity index is 1.72. The second kappa shape index (κ2) is 7.23. The maximum Gasteiger partial charge on any atom is 0.410 e. The van der Waals surface area contributed by atoms with Crippen LogP contribution in [0.15, 0.2) is 0 Å². The Morgan fingerprint density at radius 1 is 1.14 bits per heavy atom. The van der Waals surface area contributed by atoms with Crippen molar-refractivity contribution < 1.29 is 9.53 Å². The first kappa shape index (κ1) is 16.9. The molecule has 0 aromatic rings. The Morgan fingerprint density at radius 3 is 2.38 bits per heavy atom. The zero-order valence-electron chi connectivity index (χ0n) is 13.9. The van der Waals surface area contributed by atoms with Crippen LogP contribution in [-0.2, 0) is 4.74 Å². The molecule has 0 bridgehead atoms. The van der Waals surface area contributed by atoms with Crippen LogP contribution in [0.2, 0.25) is 0 Å². The van der Waals surface area contributed by atoms with Crippen LogP contribution in [0.5, 0.6) is 0 Å². The summed E-state index contributed by atoms with van der Waals surface area (Å²) in [5.74, 6) is 0. The van der Waals surface area contributed by atoms with E-state index in [-0.39, 0.29) is 6.09 Å². The fourth-order valence-corrected chi connectivity index (χ4v) is 3.93. The molecule has 1 saturated heterocycles. The summed E-state index contributed by atoms with van der Waals surface area (Å²) in [6.07, 6.45) is 8.28. The topological polar surface area (TPSA) is 41.6 Å². The minimum atomic E-state index is -0.404. The lowest BCUT2D eigenvalue weighted by atomic mass is 9.94. The van der Waals surface area contributed by atoms with Gasteiger partial charge in [0.2, 0.25) is 0 Å². The Hall–Kier alpha value is -0.420. The molecule has 0 aromatic carbocycles. The predicted molar refractivity (Wildman–Crippen MR) is 88.9 cm³/mol. The highest BCUT2D eigenvalue weighted by Gasteiger charge is 2.31. The van der Waals surface area contributed by atoms with Crippen molar-refractivity contribution in [2.24, 2.45) is 0 Å². The quantitative estimate of drug-likeness (QED) is 0.868. The van der Waals surface area contributed by atoms with Gasteiger partial charge in [0.15, 0.2) is 0 Å². The third kappa shape index (κ3) is 5.37. The van der Waals surface area contributed by atoms with E-state index in [1.807, 2.05) is 37.4 Å². The standard InChI is InChI=1S/C16H30N2O2S/c1-16(2,3)20-15(19)18-10-9-13(11-18)17-12-5-7-14(21-4)8-6-12/h12-14,17H,5-11H2,1-4H3. The number of nitrogens with zero attached hydrogens (tertiary/aromatic N) is 1. The van der Waals surface area contributed by atoms with Gasteiger partial charge >= 0.3 is 6.09 Å². The van der Waals surface area contributed by atoms with Crippen LogP contribution >= 0.6 is 11.8 Å². The summed E-state index contributed by atoms with van der Waals surface area (Å²) < 4.78 is 5.45. The van der Waals surface area contributed by atoms with E-state index in [9.17, 15) is 4.79 Å². The van der Waals surface area contributed by atoms with E-state index in [0.29, 0.717) is 12.1 Å². The SMILES string of the molecule is CSC1CCC(NC2CCN(C(=O)OC(C)(C)C)C2)CC1. The molecule has 1 unspecified atom stereocenters. The molecule has 4 nitrogen and oxygen atoms in total. The van der Waals surface area contributed by atoms with E-state index in [0.717, 1.165) is 24.8 Å². The summed E-state index contributed by atoms with van der Waals surface area (Å²) in [5.41, 5.74) is -0.404. The lowest BCUT2D eigenvalue weighted by molar-refractivity contribution is 0.0290. The van der Waals surface area contributed by atoms with Crippen molar-refractivity contribution in [2.45, 2.75) is 75.8 Å². The first-order valence-corrected chi connectivity index (χ1v) is 9.43. The van der Waals surface area contributed by atoms with Crippen LogP contribution in [0.25, 0.3) is 0 Å². The number of ether oxygens (including phenoxy) is 1. The van der Waals surface area contributed by atoms with Crippen LogP contribution in [-0.4, -0.2) is 53.3 Å². The fourth-order valence-electron chi connectivity index (χ4n) is 3.19. The smallest absolute Gasteiger partial charge is 0.410 e. The number of hydrogen-bond acceptors (Lipinski definition) is 4. The van der Waals surface area contributed by atoms with Gasteiger partial charge < -0.3 is 15.0 Å². The van der Waals surface area contributed by atoms with Crippen LogP contribution in [0.1, 0.15) is 52.9 Å². The molecule has 2 rings (SSSR count). The van der Waals surface area contributed by atoms with Gasteiger partial charge in [-0.1, -0.05) is 0 Å². The zero-order chi connectivity index (χ0) is 15.5. The van der Waals surface area contributed by atoms with Crippen molar-refractivity contribution in [3.8, 4) is 0 Å². The predicted octanol–water partition coefficient (Wildman–Crippen LogP) is 3.26. The highest BCUT2D eigenvalue weighted by molar-refractivity contribution is 7.99. The number of thioether (sulfide) groups is 1. The van der Waals surface area contributed by atoms with E-state index in [1.165, 1.54) is 25.7 Å². The second-order valence-electron chi connectivity index (χ2n) is 7.29. The molecule has 1 N–H and O–H groups in total. The number of likely N-dealkylation sites (tertiary alicyclic amines) is 1. The molecule has 0 spiro atoms. The minimum absolute atomic E-state index is 0.169. The largest absolute Gasteiger partial charge is 0.444 e. The van der Waals surface area contributed by atoms with E-state index in [2.05, 4.69) is 11.6 Å². The van der Waals surface area contributed by atoms with Gasteiger partial charge in [0, 0.05) is 30.4 Å². The van der Waals surface area contributed by atoms with Gasteiger partial charge in [0.05, 0.1) is 0 Å². The molecular formula is C16H30N2O2S. The van der Waals surface area contributed by atoms with Crippen molar-refractivity contribution >= 4 is 17.9 Å². The number of hydrogen-bond donors (Lipinski definition) is 1. The molecule has 1 aliphatic carbocycles. The lowest BCUT2D eigenvalue weighted by Crippen LogP contribution is -2.43. The molecule has 1 amide bonds. The van der Waals surface area contributed by atoms with E-state index < -0.39 is 5.60 Å². The summed E-state index contributed by atoms with van der Waals surface area (Å²) in [6, 6.07) is 1.07. The van der Waals surface area contributed by atoms with Crippen molar-refractivity contribution in [3.63, 3.8) is 0 Å². The highest BCUT2D eigenvalue weighted by Crippen LogP contribution is 2.27. The Morgan fingerprint density at radius 2 is 1.81 bits per heavy atom. The van der Waals surface area contributed by atoms with E-state index in [1.54, 1.807) is 0 Å². The molecule has 122 valence electrons. The van der Waals surface area contributed by atoms with Crippen molar-refractivity contribution in [1.29, 1.82) is 0 Å². The van der Waals surface area contributed by atoms with Crippen molar-refractivity contribution in [3.05, 3.63) is 0 Å². The summed E-state index contributed by atoms with van der Waals surface area (Å²) in [6.45, 7) is 7.35. The summed E-state index contributed by atoms with van der Waals surface area (Å²) in [4.78, 5) is 13.9. The van der Waals surface area contributed by atoms with Gasteiger partial charge in [-0.05, 0) is 59.1 Å². The Kier molecular flexibility index (Phi) is 5.83. The lowest BCUT2D eigenvalue weighted by Gasteiger charge is -2.30. The normalized spacial score (nSPS) is 30.5. The second-order valence-corrected chi connectivity index (χ2v) is 8.43. The summed E-state index contributed by atoms with van der Waals surface area (Å²) in [5, 5.41) is 4.60. The van der Waals surface area contributed by atoms with Crippen LogP contribution in [0.3, 0.4) is 0 Å². The third-order valence-electron chi connectivity index (χ3n) is 4.32. The van der Waals surface area contributed by atoms with Gasteiger partial charge in [0.1, 0.15) is 5.60 Å². The van der Waals surface area contributed by atoms with Crippen LogP contribution in [0.4, 0.5) is 4.79 Å². The van der Waals surface area contributed by atoms with Crippen LogP contribution in [0, 0.1) is 0 Å². The molecule has 1 saturated carbocycles. The van der Waals surface area contributed by atoms with Gasteiger partial charge in [-0.25, -0.2) is 4.79 Å². The van der Waals surface area contributed by atoms with Gasteiger partial charge in [0.25, 0.3) is 0 Å². The molecule has 0 radical (unpaired) electrons. The Bertz CT molecular complexity index is 349. The third-order valence-corrected chi connectivity index (χ3v) is 5.46. The molecule has 2 fully saturated rings. The molecule has 2 aliphatic rings. The van der Waals surface area contributed by atoms with Gasteiger partial charge in [-0.2, -0.15) is 11.8 Å². The van der Waals surface area contributed by atoms with Crippen molar-refractivity contribution in [1.82, 2.24) is 10.2 Å². The summed E-state index contributed by atoms with van der Waals surface area (Å²) in [7, 11) is 0. The molecule has 5 heteroatoms. The van der Waals surface area contributed by atoms with Crippen LogP contribution < -0.4 is 5.32 Å². The maximum absolute atomic E-state index is 12.1. The highest BCUT2D eigenvalue weighted by atomic mass is 32.2. The minimum Gasteiger partial charge on any atom is -0.444 e.